The smallest absolute Gasteiger partial charge is 0.0356 e. The summed E-state index contributed by atoms with van der Waals surface area (Å²) in [5.41, 5.74) is 6.61. The minimum atomic E-state index is 0.805. The summed E-state index contributed by atoms with van der Waals surface area (Å²) < 4.78 is 3.31. The highest BCUT2D eigenvalue weighted by molar-refractivity contribution is 7.97. The standard InChI is InChI=1S/C18H20N2S/c1-3-19-12-13(2)20-21-16-8-9-18-15(11-16)10-14-6-4-5-7-17(14)18/h4-9,11,19-20H,2-3,10,12H2,1H3. The third-order valence-electron chi connectivity index (χ3n) is 3.67. The van der Waals surface area contributed by atoms with Crippen LogP contribution in [0.5, 0.6) is 0 Å². The van der Waals surface area contributed by atoms with Crippen molar-refractivity contribution in [2.75, 3.05) is 13.1 Å². The molecule has 0 unspecified atom stereocenters. The van der Waals surface area contributed by atoms with Crippen LogP contribution >= 0.6 is 11.9 Å². The van der Waals surface area contributed by atoms with Gasteiger partial charge in [-0.25, -0.2) is 0 Å². The van der Waals surface area contributed by atoms with Crippen molar-refractivity contribution in [3.05, 3.63) is 65.9 Å². The van der Waals surface area contributed by atoms with Gasteiger partial charge in [0.05, 0.1) is 0 Å². The van der Waals surface area contributed by atoms with E-state index >= 15 is 0 Å². The van der Waals surface area contributed by atoms with Crippen LogP contribution in [0.25, 0.3) is 11.1 Å². The fraction of sp³-hybridized carbons (Fsp3) is 0.222. The second-order valence-electron chi connectivity index (χ2n) is 5.24. The monoisotopic (exact) mass is 296 g/mol. The average Bonchev–Trinajstić information content (AvgIpc) is 2.88. The van der Waals surface area contributed by atoms with Gasteiger partial charge in [-0.1, -0.05) is 43.8 Å². The molecule has 2 aromatic carbocycles. The normalized spacial score (nSPS) is 11.9. The van der Waals surface area contributed by atoms with Crippen molar-refractivity contribution in [1.29, 1.82) is 0 Å². The predicted octanol–water partition coefficient (Wildman–Crippen LogP) is 3.98. The lowest BCUT2D eigenvalue weighted by atomic mass is 10.1. The van der Waals surface area contributed by atoms with Crippen molar-refractivity contribution in [2.24, 2.45) is 0 Å². The molecule has 3 rings (SSSR count). The van der Waals surface area contributed by atoms with Crippen molar-refractivity contribution in [3.63, 3.8) is 0 Å². The van der Waals surface area contributed by atoms with E-state index in [1.165, 1.54) is 27.1 Å². The Morgan fingerprint density at radius 2 is 1.95 bits per heavy atom. The highest BCUT2D eigenvalue weighted by Gasteiger charge is 2.17. The van der Waals surface area contributed by atoms with E-state index in [0.717, 1.165) is 25.2 Å². The first-order valence-electron chi connectivity index (χ1n) is 7.30. The van der Waals surface area contributed by atoms with E-state index in [2.05, 4.69) is 66.0 Å². The van der Waals surface area contributed by atoms with E-state index in [1.807, 2.05) is 0 Å². The lowest BCUT2D eigenvalue weighted by Gasteiger charge is -2.10. The predicted molar refractivity (Wildman–Crippen MR) is 91.4 cm³/mol. The van der Waals surface area contributed by atoms with Gasteiger partial charge < -0.3 is 10.0 Å². The third kappa shape index (κ3) is 3.14. The topological polar surface area (TPSA) is 24.1 Å². The van der Waals surface area contributed by atoms with Crippen LogP contribution in [0, 0.1) is 0 Å². The number of rotatable bonds is 6. The molecule has 1 aliphatic carbocycles. The second-order valence-corrected chi connectivity index (χ2v) is 6.12. The summed E-state index contributed by atoms with van der Waals surface area (Å²) in [5, 5.41) is 3.26. The molecule has 21 heavy (non-hydrogen) atoms. The fourth-order valence-corrected chi connectivity index (χ4v) is 3.30. The first-order valence-corrected chi connectivity index (χ1v) is 8.12. The summed E-state index contributed by atoms with van der Waals surface area (Å²) >= 11 is 1.63. The summed E-state index contributed by atoms with van der Waals surface area (Å²) in [5.74, 6) is 0. The SMILES string of the molecule is C=C(CNCC)NSc1ccc2c(c1)Cc1ccccc1-2. The zero-order valence-corrected chi connectivity index (χ0v) is 13.1. The maximum Gasteiger partial charge on any atom is 0.0356 e. The van der Waals surface area contributed by atoms with E-state index < -0.39 is 0 Å². The number of nitrogens with one attached hydrogen (secondary N) is 2. The lowest BCUT2D eigenvalue weighted by molar-refractivity contribution is 0.764. The molecule has 0 amide bonds. The van der Waals surface area contributed by atoms with Crippen LogP contribution in [0.3, 0.4) is 0 Å². The van der Waals surface area contributed by atoms with Gasteiger partial charge in [-0.2, -0.15) is 0 Å². The van der Waals surface area contributed by atoms with Crippen LogP contribution < -0.4 is 10.0 Å². The molecule has 2 aromatic rings. The zero-order chi connectivity index (χ0) is 14.7. The van der Waals surface area contributed by atoms with E-state index in [-0.39, 0.29) is 0 Å². The summed E-state index contributed by atoms with van der Waals surface area (Å²) in [4.78, 5) is 1.24. The average molecular weight is 296 g/mol. The van der Waals surface area contributed by atoms with Crippen molar-refractivity contribution in [3.8, 4) is 11.1 Å². The number of fused-ring (bicyclic) bond motifs is 3. The van der Waals surface area contributed by atoms with Gasteiger partial charge in [-0.05, 0) is 59.3 Å². The Hall–Kier alpha value is -1.71. The van der Waals surface area contributed by atoms with E-state index in [4.69, 9.17) is 0 Å². The second kappa shape index (κ2) is 6.37. The molecule has 2 N–H and O–H groups in total. The maximum atomic E-state index is 4.02. The molecule has 2 nitrogen and oxygen atoms in total. The summed E-state index contributed by atoms with van der Waals surface area (Å²) in [6, 6.07) is 15.4. The van der Waals surface area contributed by atoms with Crippen LogP contribution in [0.2, 0.25) is 0 Å². The van der Waals surface area contributed by atoms with Crippen LogP contribution in [-0.4, -0.2) is 13.1 Å². The number of benzene rings is 2. The van der Waals surface area contributed by atoms with Crippen LogP contribution in [0.15, 0.2) is 59.6 Å². The fourth-order valence-electron chi connectivity index (χ4n) is 2.63. The lowest BCUT2D eigenvalue weighted by Crippen LogP contribution is -2.20. The molecule has 3 heteroatoms. The molecular weight excluding hydrogens is 276 g/mol. The van der Waals surface area contributed by atoms with Crippen LogP contribution in [-0.2, 0) is 6.42 Å². The molecule has 0 fully saturated rings. The van der Waals surface area contributed by atoms with Gasteiger partial charge in [0.25, 0.3) is 0 Å². The Labute approximate surface area is 130 Å². The van der Waals surface area contributed by atoms with Gasteiger partial charge in [0, 0.05) is 17.1 Å². The Morgan fingerprint density at radius 3 is 2.81 bits per heavy atom. The Balaban J connectivity index is 1.68. The molecule has 0 atom stereocenters. The Bertz CT molecular complexity index is 664. The molecule has 0 bridgehead atoms. The third-order valence-corrected chi connectivity index (χ3v) is 4.55. The van der Waals surface area contributed by atoms with Gasteiger partial charge in [-0.3, -0.25) is 0 Å². The molecule has 108 valence electrons. The molecule has 0 aliphatic heterocycles. The molecular formula is C18H20N2S. The molecule has 0 aromatic heterocycles. The number of likely N-dealkylation sites (N-methyl/N-ethyl adjacent to an activating group) is 1. The van der Waals surface area contributed by atoms with Gasteiger partial charge >= 0.3 is 0 Å². The molecule has 0 radical (unpaired) electrons. The minimum absolute atomic E-state index is 0.805. The van der Waals surface area contributed by atoms with Crippen LogP contribution in [0.1, 0.15) is 18.1 Å². The molecule has 0 spiro atoms. The maximum absolute atomic E-state index is 4.02. The van der Waals surface area contributed by atoms with Gasteiger partial charge in [0.1, 0.15) is 0 Å². The summed E-state index contributed by atoms with van der Waals surface area (Å²) in [7, 11) is 0. The molecule has 0 heterocycles. The van der Waals surface area contributed by atoms with Gasteiger partial charge in [0.15, 0.2) is 0 Å². The van der Waals surface area contributed by atoms with Crippen LogP contribution in [0.4, 0.5) is 0 Å². The minimum Gasteiger partial charge on any atom is -0.329 e. The van der Waals surface area contributed by atoms with Crippen molar-refractivity contribution in [1.82, 2.24) is 10.0 Å². The van der Waals surface area contributed by atoms with Crippen molar-refractivity contribution < 1.29 is 0 Å². The number of hydrogen-bond donors (Lipinski definition) is 2. The largest absolute Gasteiger partial charge is 0.329 e. The molecule has 0 saturated carbocycles. The molecule has 0 saturated heterocycles. The van der Waals surface area contributed by atoms with Gasteiger partial charge in [-0.15, -0.1) is 0 Å². The van der Waals surface area contributed by atoms with Crippen molar-refractivity contribution in [2.45, 2.75) is 18.2 Å². The highest BCUT2D eigenvalue weighted by atomic mass is 32.2. The Morgan fingerprint density at radius 1 is 1.14 bits per heavy atom. The van der Waals surface area contributed by atoms with E-state index in [0.29, 0.717) is 0 Å². The Kier molecular flexibility index (Phi) is 4.32. The van der Waals surface area contributed by atoms with Gasteiger partial charge in [0.2, 0.25) is 0 Å². The summed E-state index contributed by atoms with van der Waals surface area (Å²) in [6.45, 7) is 7.88. The number of hydrogen-bond acceptors (Lipinski definition) is 3. The zero-order valence-electron chi connectivity index (χ0n) is 12.3. The van der Waals surface area contributed by atoms with E-state index in [9.17, 15) is 0 Å². The highest BCUT2D eigenvalue weighted by Crippen LogP contribution is 2.37. The summed E-state index contributed by atoms with van der Waals surface area (Å²) in [6.07, 6.45) is 1.04. The first kappa shape index (κ1) is 14.2. The molecule has 1 aliphatic rings. The van der Waals surface area contributed by atoms with Crippen molar-refractivity contribution >= 4 is 11.9 Å². The first-order chi connectivity index (χ1) is 10.3. The van der Waals surface area contributed by atoms with E-state index in [1.54, 1.807) is 11.9 Å². The quantitative estimate of drug-likeness (QED) is 0.673.